The summed E-state index contributed by atoms with van der Waals surface area (Å²) in [6.07, 6.45) is 0.793. The van der Waals surface area contributed by atoms with Crippen molar-refractivity contribution in [3.05, 3.63) is 117 Å². The van der Waals surface area contributed by atoms with Crippen molar-refractivity contribution in [2.45, 2.75) is 63.2 Å². The third-order valence-electron chi connectivity index (χ3n) is 9.16. The zero-order valence-corrected chi connectivity index (χ0v) is 33.8. The lowest BCUT2D eigenvalue weighted by molar-refractivity contribution is -0.134. The maximum atomic E-state index is 14.2. The Labute approximate surface area is 342 Å². The molecule has 4 aromatic carbocycles. The first-order valence-corrected chi connectivity index (χ1v) is 20.0. The van der Waals surface area contributed by atoms with Crippen LogP contribution in [0.5, 0.6) is 0 Å². The molecule has 10 N–H and O–H groups in total. The van der Waals surface area contributed by atoms with E-state index in [1.165, 1.54) is 18.3 Å². The van der Waals surface area contributed by atoms with Gasteiger partial charge in [0.05, 0.1) is 0 Å². The summed E-state index contributed by atoms with van der Waals surface area (Å²) in [7, 11) is 0. The summed E-state index contributed by atoms with van der Waals surface area (Å²) >= 11 is 3.70. The Morgan fingerprint density at radius 2 is 1.27 bits per heavy atom. The minimum absolute atomic E-state index is 0.0738. The van der Waals surface area contributed by atoms with Gasteiger partial charge in [-0.05, 0) is 91.9 Å². The molecule has 0 spiro atoms. The zero-order valence-electron chi connectivity index (χ0n) is 30.8. The van der Waals surface area contributed by atoms with Gasteiger partial charge in [0.1, 0.15) is 24.2 Å². The standard InChI is InChI=1S/C41H45IN8O5S/c1-24(51)47-35(22-29-23-56-36-11-5-4-9-31(29)36)40(55)48-32(10-6-18-46-41(44)45)38(53)50-34(20-25-13-16-30(42)17-14-25)39(54)49-33(37(43)52)21-26-12-15-27-7-2-3-8-28(27)19-26/h2-5,7-9,11-17,19,23,32-35H,6,10,18,20-22H2,1H3,(H2,43,52)(H,47,51)(H,48,55)(H,49,54)(H,50,53)(H4,44,45,46)/t32-,33+,34+,35-/m0/s1. The van der Waals surface area contributed by atoms with Crippen LogP contribution in [-0.2, 0) is 43.2 Å². The van der Waals surface area contributed by atoms with Gasteiger partial charge in [-0.3, -0.25) is 29.0 Å². The van der Waals surface area contributed by atoms with Crippen molar-refractivity contribution in [3.8, 4) is 0 Å². The van der Waals surface area contributed by atoms with Crippen LogP contribution in [0.2, 0.25) is 0 Å². The third kappa shape index (κ3) is 12.0. The van der Waals surface area contributed by atoms with E-state index < -0.39 is 53.7 Å². The molecule has 15 heteroatoms. The molecule has 0 saturated heterocycles. The van der Waals surface area contributed by atoms with E-state index in [0.717, 1.165) is 41.1 Å². The lowest BCUT2D eigenvalue weighted by atomic mass is 10.00. The number of rotatable bonds is 18. The summed E-state index contributed by atoms with van der Waals surface area (Å²) in [4.78, 5) is 71.1. The monoisotopic (exact) mass is 888 g/mol. The van der Waals surface area contributed by atoms with Crippen molar-refractivity contribution in [2.24, 2.45) is 22.2 Å². The van der Waals surface area contributed by atoms with E-state index >= 15 is 0 Å². The molecule has 0 aliphatic carbocycles. The largest absolute Gasteiger partial charge is 0.370 e. The molecule has 56 heavy (non-hydrogen) atoms. The lowest BCUT2D eigenvalue weighted by Gasteiger charge is -2.26. The van der Waals surface area contributed by atoms with Gasteiger partial charge < -0.3 is 38.5 Å². The van der Waals surface area contributed by atoms with E-state index in [0.29, 0.717) is 6.42 Å². The molecule has 0 bridgehead atoms. The summed E-state index contributed by atoms with van der Waals surface area (Å²) in [6.45, 7) is 1.50. The number of carbonyl (C=O) groups is 5. The molecular formula is C41H45IN8O5S. The number of halogens is 1. The Morgan fingerprint density at radius 3 is 1.96 bits per heavy atom. The number of benzene rings is 4. The molecule has 1 heterocycles. The second-order valence-corrected chi connectivity index (χ2v) is 15.6. The first-order chi connectivity index (χ1) is 26.9. The summed E-state index contributed by atoms with van der Waals surface area (Å²) in [6, 6.07) is 24.3. The summed E-state index contributed by atoms with van der Waals surface area (Å²) in [5.41, 5.74) is 19.2. The molecule has 292 valence electrons. The fraction of sp³-hybridized carbons (Fsp3) is 0.268. The van der Waals surface area contributed by atoms with Gasteiger partial charge in [0.15, 0.2) is 5.96 Å². The number of thiophene rings is 1. The first kappa shape index (κ1) is 41.6. The highest BCUT2D eigenvalue weighted by atomic mass is 127. The quantitative estimate of drug-likeness (QED) is 0.0301. The molecule has 1 aromatic heterocycles. The molecule has 5 aromatic rings. The van der Waals surface area contributed by atoms with Gasteiger partial charge >= 0.3 is 0 Å². The number of nitrogens with one attached hydrogen (secondary N) is 4. The van der Waals surface area contributed by atoms with Crippen LogP contribution in [0.25, 0.3) is 20.9 Å². The minimum Gasteiger partial charge on any atom is -0.370 e. The van der Waals surface area contributed by atoms with Gasteiger partial charge in [0, 0.05) is 41.0 Å². The predicted octanol–water partition coefficient (Wildman–Crippen LogP) is 3.19. The molecule has 0 radical (unpaired) electrons. The summed E-state index contributed by atoms with van der Waals surface area (Å²) in [5.74, 6) is -3.14. The molecule has 0 aliphatic rings. The number of guanidine groups is 1. The van der Waals surface area contributed by atoms with Crippen LogP contribution in [0, 0.1) is 3.57 Å². The number of hydrogen-bond acceptors (Lipinski definition) is 7. The number of nitrogens with zero attached hydrogens (tertiary/aromatic N) is 1. The SMILES string of the molecule is CC(=O)N[C@@H](Cc1csc2ccccc12)C(=O)N[C@@H](CCCN=C(N)N)C(=O)N[C@H](Cc1ccc(I)cc1)C(=O)N[C@H](Cc1ccc2ccccc2c1)C(N)=O. The van der Waals surface area contributed by atoms with Crippen molar-refractivity contribution in [1.29, 1.82) is 0 Å². The van der Waals surface area contributed by atoms with Gasteiger partial charge in [-0.1, -0.05) is 72.8 Å². The highest BCUT2D eigenvalue weighted by Gasteiger charge is 2.31. The first-order valence-electron chi connectivity index (χ1n) is 18.1. The van der Waals surface area contributed by atoms with E-state index in [2.05, 4.69) is 48.9 Å². The lowest BCUT2D eigenvalue weighted by Crippen LogP contribution is -2.59. The van der Waals surface area contributed by atoms with Gasteiger partial charge in [-0.15, -0.1) is 11.3 Å². The second-order valence-electron chi connectivity index (χ2n) is 13.5. The number of primary amides is 1. The van der Waals surface area contributed by atoms with Crippen molar-refractivity contribution >= 4 is 90.3 Å². The molecule has 0 aliphatic heterocycles. The van der Waals surface area contributed by atoms with Crippen LogP contribution < -0.4 is 38.5 Å². The third-order valence-corrected chi connectivity index (χ3v) is 10.9. The number of nitrogens with two attached hydrogens (primary N) is 3. The average Bonchev–Trinajstić information content (AvgIpc) is 3.58. The zero-order chi connectivity index (χ0) is 40.2. The predicted molar refractivity (Wildman–Crippen MR) is 229 cm³/mol. The topological polar surface area (TPSA) is 224 Å². The molecule has 0 saturated carbocycles. The number of fused-ring (bicyclic) bond motifs is 2. The van der Waals surface area contributed by atoms with E-state index in [4.69, 9.17) is 17.2 Å². The van der Waals surface area contributed by atoms with Gasteiger partial charge in [-0.25, -0.2) is 0 Å². The molecule has 0 unspecified atom stereocenters. The van der Waals surface area contributed by atoms with Crippen molar-refractivity contribution in [1.82, 2.24) is 21.3 Å². The minimum atomic E-state index is -1.17. The summed E-state index contributed by atoms with van der Waals surface area (Å²) < 4.78 is 2.02. The summed E-state index contributed by atoms with van der Waals surface area (Å²) in [5, 5.41) is 16.0. The van der Waals surface area contributed by atoms with Crippen LogP contribution in [0.1, 0.15) is 36.5 Å². The Bertz CT molecular complexity index is 2220. The van der Waals surface area contributed by atoms with Crippen LogP contribution in [0.15, 0.2) is 101 Å². The smallest absolute Gasteiger partial charge is 0.243 e. The van der Waals surface area contributed by atoms with Gasteiger partial charge in [-0.2, -0.15) is 0 Å². The van der Waals surface area contributed by atoms with Gasteiger partial charge in [0.2, 0.25) is 29.5 Å². The maximum Gasteiger partial charge on any atom is 0.243 e. The molecule has 0 fully saturated rings. The molecule has 4 atom stereocenters. The fourth-order valence-electron chi connectivity index (χ4n) is 6.34. The number of hydrogen-bond donors (Lipinski definition) is 7. The molecule has 5 amide bonds. The van der Waals surface area contributed by atoms with E-state index in [1.807, 2.05) is 96.4 Å². The number of amides is 5. The number of aliphatic imine (C=N–C) groups is 1. The molecular weight excluding hydrogens is 843 g/mol. The van der Waals surface area contributed by atoms with Crippen molar-refractivity contribution in [3.63, 3.8) is 0 Å². The van der Waals surface area contributed by atoms with Crippen LogP contribution in [0.4, 0.5) is 0 Å². The molecule has 5 rings (SSSR count). The van der Waals surface area contributed by atoms with Crippen molar-refractivity contribution < 1.29 is 24.0 Å². The van der Waals surface area contributed by atoms with Gasteiger partial charge in [0.25, 0.3) is 0 Å². The van der Waals surface area contributed by atoms with Crippen molar-refractivity contribution in [2.75, 3.05) is 6.54 Å². The highest BCUT2D eigenvalue weighted by Crippen LogP contribution is 2.27. The van der Waals surface area contributed by atoms with Crippen LogP contribution >= 0.6 is 33.9 Å². The normalized spacial score (nSPS) is 13.2. The Morgan fingerprint density at radius 1 is 0.679 bits per heavy atom. The second kappa shape index (κ2) is 19.9. The maximum absolute atomic E-state index is 14.2. The highest BCUT2D eigenvalue weighted by molar-refractivity contribution is 14.1. The fourth-order valence-corrected chi connectivity index (χ4v) is 7.68. The van der Waals surface area contributed by atoms with E-state index in [-0.39, 0.29) is 38.2 Å². The van der Waals surface area contributed by atoms with E-state index in [1.54, 1.807) is 0 Å². The Kier molecular flexibility index (Phi) is 14.8. The van der Waals surface area contributed by atoms with Crippen LogP contribution in [0.3, 0.4) is 0 Å². The number of carbonyl (C=O) groups excluding carboxylic acids is 5. The Hall–Kier alpha value is -5.55. The Balaban J connectivity index is 1.38. The molecule has 13 nitrogen and oxygen atoms in total. The van der Waals surface area contributed by atoms with Crippen LogP contribution in [-0.4, -0.2) is 66.2 Å². The average molecular weight is 889 g/mol. The van der Waals surface area contributed by atoms with E-state index in [9.17, 15) is 24.0 Å².